The number of anilines is 1. The fraction of sp³-hybridized carbons (Fsp3) is 0.562. The van der Waals surface area contributed by atoms with Gasteiger partial charge in [-0.1, -0.05) is 26.0 Å². The van der Waals surface area contributed by atoms with Crippen LogP contribution in [0, 0.1) is 5.92 Å². The van der Waals surface area contributed by atoms with Crippen molar-refractivity contribution in [2.75, 3.05) is 25.0 Å². The molecule has 0 saturated carbocycles. The van der Waals surface area contributed by atoms with Crippen molar-refractivity contribution in [3.63, 3.8) is 0 Å². The predicted octanol–water partition coefficient (Wildman–Crippen LogP) is 2.13. The van der Waals surface area contributed by atoms with E-state index in [0.717, 1.165) is 19.5 Å². The minimum absolute atomic E-state index is 0.536. The van der Waals surface area contributed by atoms with E-state index >= 15 is 0 Å². The average Bonchev–Trinajstić information content (AvgIpc) is 2.43. The van der Waals surface area contributed by atoms with Crippen molar-refractivity contribution in [2.24, 2.45) is 16.6 Å². The summed E-state index contributed by atoms with van der Waals surface area (Å²) >= 11 is 0. The molecule has 1 aromatic rings. The fourth-order valence-corrected chi connectivity index (χ4v) is 2.48. The molecule has 0 radical (unpaired) electrons. The van der Waals surface area contributed by atoms with Gasteiger partial charge in [0.05, 0.1) is 6.54 Å². The third-order valence-electron chi connectivity index (χ3n) is 3.62. The summed E-state index contributed by atoms with van der Waals surface area (Å²) in [5, 5.41) is 3.14. The number of nitrogens with zero attached hydrogens (tertiary/aromatic N) is 2. The van der Waals surface area contributed by atoms with Gasteiger partial charge in [-0.15, -0.1) is 0 Å². The molecule has 0 aromatic heterocycles. The molecule has 0 spiro atoms. The Hall–Kier alpha value is -1.71. The molecule has 0 amide bonds. The molecule has 3 N–H and O–H groups in total. The third kappa shape index (κ3) is 3.89. The molecule has 110 valence electrons. The van der Waals surface area contributed by atoms with Gasteiger partial charge in [0.25, 0.3) is 0 Å². The van der Waals surface area contributed by atoms with Crippen LogP contribution in [-0.2, 0) is 13.0 Å². The maximum atomic E-state index is 5.86. The van der Waals surface area contributed by atoms with Crippen molar-refractivity contribution >= 4 is 11.6 Å². The summed E-state index contributed by atoms with van der Waals surface area (Å²) in [5.74, 6) is 1.11. The zero-order chi connectivity index (χ0) is 14.5. The molecule has 4 nitrogen and oxygen atoms in total. The Balaban J connectivity index is 1.98. The lowest BCUT2D eigenvalue weighted by Crippen LogP contribution is -2.34. The molecule has 0 aliphatic carbocycles. The number of hydrogen-bond acceptors (Lipinski definition) is 2. The van der Waals surface area contributed by atoms with Gasteiger partial charge in [-0.3, -0.25) is 0 Å². The SMILES string of the molecule is CC(C)CNC(N)=NCc1ccc2c(c1)CCCN2C. The van der Waals surface area contributed by atoms with E-state index in [1.165, 1.54) is 23.2 Å². The van der Waals surface area contributed by atoms with Gasteiger partial charge < -0.3 is 16.0 Å². The van der Waals surface area contributed by atoms with E-state index in [4.69, 9.17) is 5.73 Å². The molecule has 0 bridgehead atoms. The van der Waals surface area contributed by atoms with E-state index in [1.54, 1.807) is 0 Å². The lowest BCUT2D eigenvalue weighted by molar-refractivity contribution is 0.622. The number of nitrogens with two attached hydrogens (primary N) is 1. The van der Waals surface area contributed by atoms with Gasteiger partial charge in [-0.25, -0.2) is 4.99 Å². The van der Waals surface area contributed by atoms with E-state index in [2.05, 4.69) is 54.3 Å². The van der Waals surface area contributed by atoms with Crippen molar-refractivity contribution in [3.05, 3.63) is 29.3 Å². The predicted molar refractivity (Wildman–Crippen MR) is 86.2 cm³/mol. The van der Waals surface area contributed by atoms with Gasteiger partial charge in [0.2, 0.25) is 0 Å². The summed E-state index contributed by atoms with van der Waals surface area (Å²) < 4.78 is 0. The molecule has 0 saturated heterocycles. The lowest BCUT2D eigenvalue weighted by Gasteiger charge is -2.27. The summed E-state index contributed by atoms with van der Waals surface area (Å²) in [6.07, 6.45) is 2.40. The molecule has 0 unspecified atom stereocenters. The van der Waals surface area contributed by atoms with Crippen LogP contribution in [-0.4, -0.2) is 26.1 Å². The topological polar surface area (TPSA) is 53.6 Å². The van der Waals surface area contributed by atoms with E-state index in [1.807, 2.05) is 0 Å². The zero-order valence-corrected chi connectivity index (χ0v) is 12.8. The molecular formula is C16H26N4. The summed E-state index contributed by atoms with van der Waals surface area (Å²) in [7, 11) is 2.16. The minimum Gasteiger partial charge on any atom is -0.374 e. The van der Waals surface area contributed by atoms with Crippen LogP contribution in [0.15, 0.2) is 23.2 Å². The number of hydrogen-bond donors (Lipinski definition) is 2. The monoisotopic (exact) mass is 274 g/mol. The van der Waals surface area contributed by atoms with Crippen molar-refractivity contribution in [2.45, 2.75) is 33.2 Å². The Morgan fingerprint density at radius 1 is 1.45 bits per heavy atom. The van der Waals surface area contributed by atoms with Crippen molar-refractivity contribution in [1.29, 1.82) is 0 Å². The number of guanidine groups is 1. The highest BCUT2D eigenvalue weighted by Crippen LogP contribution is 2.26. The first-order valence-corrected chi connectivity index (χ1v) is 7.43. The molecule has 20 heavy (non-hydrogen) atoms. The van der Waals surface area contributed by atoms with Crippen LogP contribution < -0.4 is 16.0 Å². The molecule has 2 rings (SSSR count). The van der Waals surface area contributed by atoms with Crippen LogP contribution in [0.5, 0.6) is 0 Å². The van der Waals surface area contributed by atoms with Crippen LogP contribution in [0.1, 0.15) is 31.4 Å². The second kappa shape index (κ2) is 6.64. The maximum absolute atomic E-state index is 5.86. The Morgan fingerprint density at radius 3 is 3.00 bits per heavy atom. The zero-order valence-electron chi connectivity index (χ0n) is 12.8. The molecule has 4 heteroatoms. The van der Waals surface area contributed by atoms with Crippen LogP contribution in [0.25, 0.3) is 0 Å². The smallest absolute Gasteiger partial charge is 0.188 e. The molecule has 1 heterocycles. The Labute approximate surface area is 122 Å². The average molecular weight is 274 g/mol. The summed E-state index contributed by atoms with van der Waals surface area (Å²) in [6, 6.07) is 6.63. The van der Waals surface area contributed by atoms with Crippen LogP contribution >= 0.6 is 0 Å². The quantitative estimate of drug-likeness (QED) is 0.653. The van der Waals surface area contributed by atoms with Crippen molar-refractivity contribution in [1.82, 2.24) is 5.32 Å². The number of nitrogens with one attached hydrogen (secondary N) is 1. The van der Waals surface area contributed by atoms with Gasteiger partial charge in [0, 0.05) is 25.8 Å². The Kier molecular flexibility index (Phi) is 4.88. The molecule has 1 aliphatic heterocycles. The van der Waals surface area contributed by atoms with Gasteiger partial charge in [0.15, 0.2) is 5.96 Å². The first kappa shape index (κ1) is 14.7. The first-order valence-electron chi connectivity index (χ1n) is 7.43. The largest absolute Gasteiger partial charge is 0.374 e. The first-order chi connectivity index (χ1) is 9.56. The van der Waals surface area contributed by atoms with Crippen molar-refractivity contribution < 1.29 is 0 Å². The summed E-state index contributed by atoms with van der Waals surface area (Å²) in [4.78, 5) is 6.73. The van der Waals surface area contributed by atoms with Crippen LogP contribution in [0.3, 0.4) is 0 Å². The molecule has 1 aromatic carbocycles. The molecule has 1 aliphatic rings. The lowest BCUT2D eigenvalue weighted by atomic mass is 10.00. The highest BCUT2D eigenvalue weighted by molar-refractivity contribution is 5.77. The highest BCUT2D eigenvalue weighted by atomic mass is 15.1. The second-order valence-corrected chi connectivity index (χ2v) is 5.96. The molecular weight excluding hydrogens is 248 g/mol. The Morgan fingerprint density at radius 2 is 2.25 bits per heavy atom. The van der Waals surface area contributed by atoms with Gasteiger partial charge in [-0.2, -0.15) is 0 Å². The highest BCUT2D eigenvalue weighted by Gasteiger charge is 2.13. The van der Waals surface area contributed by atoms with Crippen LogP contribution in [0.2, 0.25) is 0 Å². The fourth-order valence-electron chi connectivity index (χ4n) is 2.48. The Bertz CT molecular complexity index is 479. The van der Waals surface area contributed by atoms with Crippen molar-refractivity contribution in [3.8, 4) is 0 Å². The number of aryl methyl sites for hydroxylation is 1. The number of aliphatic imine (C=N–C) groups is 1. The standard InChI is InChI=1S/C16H26N4/c1-12(2)10-18-16(17)19-11-13-6-7-15-14(9-13)5-4-8-20(15)3/h6-7,9,12H,4-5,8,10-11H2,1-3H3,(H3,17,18,19). The molecule has 0 fully saturated rings. The normalized spacial score (nSPS) is 15.4. The van der Waals surface area contributed by atoms with E-state index < -0.39 is 0 Å². The maximum Gasteiger partial charge on any atom is 0.188 e. The van der Waals surface area contributed by atoms with E-state index in [0.29, 0.717) is 18.4 Å². The van der Waals surface area contributed by atoms with Gasteiger partial charge in [-0.05, 0) is 36.0 Å². The van der Waals surface area contributed by atoms with E-state index in [-0.39, 0.29) is 0 Å². The van der Waals surface area contributed by atoms with E-state index in [9.17, 15) is 0 Å². The summed E-state index contributed by atoms with van der Waals surface area (Å²) in [6.45, 7) is 6.97. The van der Waals surface area contributed by atoms with Gasteiger partial charge in [0.1, 0.15) is 0 Å². The molecule has 0 atom stereocenters. The summed E-state index contributed by atoms with van der Waals surface area (Å²) in [5.41, 5.74) is 9.88. The number of fused-ring (bicyclic) bond motifs is 1. The second-order valence-electron chi connectivity index (χ2n) is 5.96. The minimum atomic E-state index is 0.536. The number of rotatable bonds is 4. The van der Waals surface area contributed by atoms with Gasteiger partial charge >= 0.3 is 0 Å². The van der Waals surface area contributed by atoms with Crippen LogP contribution in [0.4, 0.5) is 5.69 Å². The third-order valence-corrected chi connectivity index (χ3v) is 3.62. The number of benzene rings is 1.